The number of amides is 2. The van der Waals surface area contributed by atoms with E-state index in [1.807, 2.05) is 54.9 Å². The minimum Gasteiger partial charge on any atom is -0.332 e. The van der Waals surface area contributed by atoms with E-state index in [2.05, 4.69) is 22.3 Å². The molecule has 1 aromatic heterocycles. The fourth-order valence-corrected chi connectivity index (χ4v) is 3.31. The number of nitrogens with one attached hydrogen (secondary N) is 1. The van der Waals surface area contributed by atoms with Gasteiger partial charge in [-0.1, -0.05) is 38.0 Å². The van der Waals surface area contributed by atoms with Crippen LogP contribution >= 0.6 is 0 Å². The highest BCUT2D eigenvalue weighted by Gasteiger charge is 2.25. The van der Waals surface area contributed by atoms with Crippen LogP contribution in [0.1, 0.15) is 44.7 Å². The molecule has 0 atom stereocenters. The van der Waals surface area contributed by atoms with Gasteiger partial charge in [0.25, 0.3) is 5.91 Å². The van der Waals surface area contributed by atoms with Gasteiger partial charge in [0.2, 0.25) is 5.91 Å². The molecule has 1 aromatic carbocycles. The Morgan fingerprint density at radius 3 is 2.57 bits per heavy atom. The predicted octanol–water partition coefficient (Wildman–Crippen LogP) is 3.08. The number of piperidine rings is 1. The summed E-state index contributed by atoms with van der Waals surface area (Å²) >= 11 is 0. The molecular formula is C22H26N4O2. The van der Waals surface area contributed by atoms with E-state index in [1.165, 1.54) is 0 Å². The first-order valence-electron chi connectivity index (χ1n) is 9.72. The lowest BCUT2D eigenvalue weighted by molar-refractivity contribution is -0.126. The van der Waals surface area contributed by atoms with Crippen LogP contribution in [-0.2, 0) is 9.59 Å². The van der Waals surface area contributed by atoms with Crippen molar-refractivity contribution in [3.63, 3.8) is 0 Å². The average Bonchev–Trinajstić information content (AvgIpc) is 3.14. The van der Waals surface area contributed by atoms with Gasteiger partial charge in [0.05, 0.1) is 12.2 Å². The predicted molar refractivity (Wildman–Crippen MR) is 108 cm³/mol. The molecule has 146 valence electrons. The molecule has 1 N–H and O–H groups in total. The van der Waals surface area contributed by atoms with Gasteiger partial charge < -0.3 is 10.2 Å². The number of anilines is 1. The zero-order valence-electron chi connectivity index (χ0n) is 16.4. The topological polar surface area (TPSA) is 67.2 Å². The maximum absolute atomic E-state index is 12.4. The van der Waals surface area contributed by atoms with E-state index in [9.17, 15) is 9.59 Å². The first kappa shape index (κ1) is 19.7. The Kier molecular flexibility index (Phi) is 6.49. The Morgan fingerprint density at radius 1 is 1.18 bits per heavy atom. The van der Waals surface area contributed by atoms with E-state index in [0.29, 0.717) is 25.4 Å². The summed E-state index contributed by atoms with van der Waals surface area (Å²) < 4.78 is 1.87. The second kappa shape index (κ2) is 9.23. The number of rotatable bonds is 4. The fourth-order valence-electron chi connectivity index (χ4n) is 3.31. The summed E-state index contributed by atoms with van der Waals surface area (Å²) in [7, 11) is 0. The number of carbonyl (C=O) groups excluding carboxylic acids is 2. The van der Waals surface area contributed by atoms with Gasteiger partial charge in [0.1, 0.15) is 5.82 Å². The molecule has 0 spiro atoms. The zero-order valence-corrected chi connectivity index (χ0v) is 16.4. The molecule has 3 rings (SSSR count). The first-order valence-corrected chi connectivity index (χ1v) is 9.72. The van der Waals surface area contributed by atoms with Crippen LogP contribution in [0.5, 0.6) is 0 Å². The Hall–Kier alpha value is -3.07. The highest BCUT2D eigenvalue weighted by molar-refractivity contribution is 5.94. The lowest BCUT2D eigenvalue weighted by Crippen LogP contribution is -2.38. The maximum atomic E-state index is 12.4. The molecule has 0 bridgehead atoms. The molecular weight excluding hydrogens is 352 g/mol. The summed E-state index contributed by atoms with van der Waals surface area (Å²) in [6, 6.07) is 11.5. The van der Waals surface area contributed by atoms with Crippen LogP contribution in [0.2, 0.25) is 0 Å². The summed E-state index contributed by atoms with van der Waals surface area (Å²) in [5, 5.41) is 7.34. The van der Waals surface area contributed by atoms with Crippen molar-refractivity contribution in [1.82, 2.24) is 14.7 Å². The molecule has 6 heteroatoms. The normalized spacial score (nSPS) is 14.5. The van der Waals surface area contributed by atoms with Crippen LogP contribution in [0.25, 0.3) is 0 Å². The summed E-state index contributed by atoms with van der Waals surface area (Å²) in [6.07, 6.45) is 3.76. The van der Waals surface area contributed by atoms with Crippen molar-refractivity contribution in [3.05, 3.63) is 48.2 Å². The van der Waals surface area contributed by atoms with Crippen LogP contribution < -0.4 is 5.32 Å². The molecule has 0 aliphatic carbocycles. The van der Waals surface area contributed by atoms with Gasteiger partial charge >= 0.3 is 0 Å². The van der Waals surface area contributed by atoms with E-state index in [-0.39, 0.29) is 17.9 Å². The lowest BCUT2D eigenvalue weighted by Gasteiger charge is -2.31. The molecule has 1 fully saturated rings. The smallest absolute Gasteiger partial charge is 0.298 e. The van der Waals surface area contributed by atoms with Crippen LogP contribution in [0.4, 0.5) is 5.82 Å². The lowest BCUT2D eigenvalue weighted by atomic mass is 10.1. The fraction of sp³-hybridized carbons (Fsp3) is 0.409. The summed E-state index contributed by atoms with van der Waals surface area (Å²) in [5.74, 6) is 6.54. The molecule has 0 unspecified atom stereocenters. The quantitative estimate of drug-likeness (QED) is 0.832. The molecule has 0 saturated carbocycles. The monoisotopic (exact) mass is 378 g/mol. The van der Waals surface area contributed by atoms with E-state index >= 15 is 0 Å². The van der Waals surface area contributed by atoms with Crippen molar-refractivity contribution in [2.75, 3.05) is 18.4 Å². The molecule has 0 radical (unpaired) electrons. The number of hydrogen-bond acceptors (Lipinski definition) is 3. The molecule has 1 aliphatic rings. The van der Waals surface area contributed by atoms with Crippen LogP contribution in [0.15, 0.2) is 42.6 Å². The second-order valence-corrected chi connectivity index (χ2v) is 7.45. The molecule has 2 aromatic rings. The van der Waals surface area contributed by atoms with Crippen molar-refractivity contribution < 1.29 is 9.59 Å². The second-order valence-electron chi connectivity index (χ2n) is 7.45. The van der Waals surface area contributed by atoms with E-state index in [4.69, 9.17) is 0 Å². The first-order chi connectivity index (χ1) is 13.5. The van der Waals surface area contributed by atoms with Crippen molar-refractivity contribution in [2.24, 2.45) is 5.92 Å². The third-order valence-electron chi connectivity index (χ3n) is 4.72. The van der Waals surface area contributed by atoms with Crippen molar-refractivity contribution in [1.29, 1.82) is 0 Å². The Balaban J connectivity index is 1.56. The molecule has 1 saturated heterocycles. The third kappa shape index (κ3) is 5.23. The zero-order chi connectivity index (χ0) is 19.9. The number of likely N-dealkylation sites (tertiary alicyclic amines) is 1. The minimum atomic E-state index is -0.145. The van der Waals surface area contributed by atoms with Crippen LogP contribution in [0, 0.1) is 17.8 Å². The summed E-state index contributed by atoms with van der Waals surface area (Å²) in [6.45, 7) is 5.30. The third-order valence-corrected chi connectivity index (χ3v) is 4.72. The number of carbonyl (C=O) groups is 2. The van der Waals surface area contributed by atoms with Crippen molar-refractivity contribution in [2.45, 2.75) is 39.2 Å². The average molecular weight is 378 g/mol. The van der Waals surface area contributed by atoms with E-state index < -0.39 is 0 Å². The molecule has 28 heavy (non-hydrogen) atoms. The van der Waals surface area contributed by atoms with Crippen molar-refractivity contribution in [3.8, 4) is 11.8 Å². The highest BCUT2D eigenvalue weighted by Crippen LogP contribution is 2.25. The molecule has 1 aliphatic heterocycles. The number of benzene rings is 1. The van der Waals surface area contributed by atoms with Crippen LogP contribution in [-0.4, -0.2) is 39.6 Å². The Morgan fingerprint density at radius 2 is 1.89 bits per heavy atom. The van der Waals surface area contributed by atoms with E-state index in [1.54, 1.807) is 11.1 Å². The summed E-state index contributed by atoms with van der Waals surface area (Å²) in [4.78, 5) is 26.2. The van der Waals surface area contributed by atoms with E-state index in [0.717, 1.165) is 24.2 Å². The number of aromatic nitrogens is 2. The highest BCUT2D eigenvalue weighted by atomic mass is 16.2. The largest absolute Gasteiger partial charge is 0.332 e. The number of nitrogens with zero attached hydrogens (tertiary/aromatic N) is 3. The van der Waals surface area contributed by atoms with Crippen LogP contribution in [0.3, 0.4) is 0 Å². The van der Waals surface area contributed by atoms with Gasteiger partial charge in [-0.05, 0) is 30.9 Å². The van der Waals surface area contributed by atoms with Gasteiger partial charge in [-0.15, -0.1) is 0 Å². The van der Waals surface area contributed by atoms with Gasteiger partial charge in [0.15, 0.2) is 0 Å². The summed E-state index contributed by atoms with van der Waals surface area (Å²) in [5.41, 5.74) is 0.837. The standard InChI is InChI=1S/C22H26N4O2/c1-17(2)16-21(27)24-20-10-13-23-26(20)19-11-14-25(15-12-19)22(28)9-8-18-6-4-3-5-7-18/h3-7,10,13,17,19H,11-12,14-16H2,1-2H3,(H,24,27). The van der Waals surface area contributed by atoms with Crippen molar-refractivity contribution >= 4 is 17.6 Å². The SMILES string of the molecule is CC(C)CC(=O)Nc1ccnn1C1CCN(C(=O)C#Cc2ccccc2)CC1. The van der Waals surface area contributed by atoms with Gasteiger partial charge in [-0.25, -0.2) is 4.68 Å². The minimum absolute atomic E-state index is 0.000509. The molecule has 2 heterocycles. The van der Waals surface area contributed by atoms with Gasteiger partial charge in [0, 0.05) is 37.1 Å². The Bertz CT molecular complexity index is 869. The Labute approximate surface area is 165 Å². The molecule has 6 nitrogen and oxygen atoms in total. The van der Waals surface area contributed by atoms with Gasteiger partial charge in [-0.3, -0.25) is 9.59 Å². The van der Waals surface area contributed by atoms with Gasteiger partial charge in [-0.2, -0.15) is 5.10 Å². The number of hydrogen-bond donors (Lipinski definition) is 1. The molecule has 2 amide bonds. The maximum Gasteiger partial charge on any atom is 0.298 e.